The molecular formula is C18H14FN3O2S. The van der Waals surface area contributed by atoms with E-state index in [0.29, 0.717) is 10.1 Å². The number of aromatic nitrogens is 2. The van der Waals surface area contributed by atoms with E-state index < -0.39 is 11.7 Å². The Morgan fingerprint density at radius 1 is 1.16 bits per heavy atom. The quantitative estimate of drug-likeness (QED) is 0.748. The Morgan fingerprint density at radius 3 is 2.68 bits per heavy atom. The molecule has 0 saturated heterocycles. The summed E-state index contributed by atoms with van der Waals surface area (Å²) in [5.74, 6) is -0.107. The number of hydrogen-bond acceptors (Lipinski definition) is 5. The van der Waals surface area contributed by atoms with Crippen LogP contribution in [0.4, 0.5) is 9.52 Å². The Bertz CT molecular complexity index is 907. The largest absolute Gasteiger partial charge is 0.497 e. The lowest BCUT2D eigenvalue weighted by molar-refractivity contribution is 0.102. The molecule has 2 aromatic carbocycles. The summed E-state index contributed by atoms with van der Waals surface area (Å²) >= 11 is 1.23. The highest BCUT2D eigenvalue weighted by Gasteiger charge is 2.10. The Balaban J connectivity index is 1.65. The fourth-order valence-corrected chi connectivity index (χ4v) is 2.68. The van der Waals surface area contributed by atoms with Crippen molar-refractivity contribution in [3.8, 4) is 5.75 Å². The zero-order valence-electron chi connectivity index (χ0n) is 13.3. The molecule has 0 bridgehead atoms. The van der Waals surface area contributed by atoms with Crippen LogP contribution in [0.1, 0.15) is 20.9 Å². The van der Waals surface area contributed by atoms with E-state index in [9.17, 15) is 9.18 Å². The highest BCUT2D eigenvalue weighted by molar-refractivity contribution is 7.16. The first-order valence-electron chi connectivity index (χ1n) is 7.36. The zero-order chi connectivity index (χ0) is 17.6. The average Bonchev–Trinajstić information content (AvgIpc) is 3.08. The molecule has 1 heterocycles. The van der Waals surface area contributed by atoms with Gasteiger partial charge in [0.1, 0.15) is 16.6 Å². The van der Waals surface area contributed by atoms with Crippen LogP contribution in [0.15, 0.2) is 48.5 Å². The van der Waals surface area contributed by atoms with Crippen LogP contribution in [-0.4, -0.2) is 23.2 Å². The number of anilines is 1. The molecule has 7 heteroatoms. The molecule has 25 heavy (non-hydrogen) atoms. The molecule has 0 fully saturated rings. The molecule has 0 saturated carbocycles. The number of nitrogens with zero attached hydrogens (tertiary/aromatic N) is 2. The topological polar surface area (TPSA) is 64.1 Å². The van der Waals surface area contributed by atoms with E-state index >= 15 is 0 Å². The Kier molecular flexibility index (Phi) is 5.15. The van der Waals surface area contributed by atoms with E-state index in [2.05, 4.69) is 15.5 Å². The summed E-state index contributed by atoms with van der Waals surface area (Å²) in [7, 11) is 1.62. The molecule has 3 rings (SSSR count). The van der Waals surface area contributed by atoms with Crippen molar-refractivity contribution in [3.05, 3.63) is 70.5 Å². The highest BCUT2D eigenvalue weighted by Crippen LogP contribution is 2.19. The smallest absolute Gasteiger partial charge is 0.257 e. The molecule has 0 unspecified atom stereocenters. The van der Waals surface area contributed by atoms with Crippen molar-refractivity contribution in [2.24, 2.45) is 0 Å². The molecule has 0 radical (unpaired) electrons. The predicted molar refractivity (Wildman–Crippen MR) is 96.2 cm³/mol. The summed E-state index contributed by atoms with van der Waals surface area (Å²) in [6.45, 7) is 0. The van der Waals surface area contributed by atoms with Gasteiger partial charge in [0, 0.05) is 5.56 Å². The molecule has 126 valence electrons. The van der Waals surface area contributed by atoms with Crippen molar-refractivity contribution in [2.75, 3.05) is 12.4 Å². The number of ether oxygens (including phenoxy) is 1. The van der Waals surface area contributed by atoms with Crippen molar-refractivity contribution < 1.29 is 13.9 Å². The number of carbonyl (C=O) groups excluding carboxylic acids is 1. The third kappa shape index (κ3) is 4.48. The second-order valence-electron chi connectivity index (χ2n) is 5.02. The monoisotopic (exact) mass is 355 g/mol. The molecule has 0 aliphatic heterocycles. The standard InChI is InChI=1S/C18H14FN3O2S/c1-24-15-8-5-12(6-9-15)7-10-16-21-22-18(25-16)20-17(23)13-3-2-4-14(19)11-13/h2-11H,1H3,(H,20,22,23)/b10-7+. The second kappa shape index (κ2) is 7.67. The van der Waals surface area contributed by atoms with E-state index in [-0.39, 0.29) is 5.56 Å². The van der Waals surface area contributed by atoms with Gasteiger partial charge in [0.2, 0.25) is 5.13 Å². The van der Waals surface area contributed by atoms with Crippen LogP contribution in [0, 0.1) is 5.82 Å². The maximum absolute atomic E-state index is 13.2. The summed E-state index contributed by atoms with van der Waals surface area (Å²) in [5.41, 5.74) is 1.21. The number of rotatable bonds is 5. The first-order chi connectivity index (χ1) is 12.1. The summed E-state index contributed by atoms with van der Waals surface area (Å²) < 4.78 is 18.3. The van der Waals surface area contributed by atoms with Crippen LogP contribution in [0.25, 0.3) is 12.2 Å². The summed E-state index contributed by atoms with van der Waals surface area (Å²) in [5, 5.41) is 11.5. The first kappa shape index (κ1) is 16.8. The minimum atomic E-state index is -0.465. The Labute approximate surface area is 147 Å². The first-order valence-corrected chi connectivity index (χ1v) is 8.18. The van der Waals surface area contributed by atoms with Crippen LogP contribution >= 0.6 is 11.3 Å². The van der Waals surface area contributed by atoms with Crippen LogP contribution in [0.2, 0.25) is 0 Å². The fourth-order valence-electron chi connectivity index (χ4n) is 2.03. The number of halogens is 1. The van der Waals surface area contributed by atoms with E-state index in [1.54, 1.807) is 13.2 Å². The highest BCUT2D eigenvalue weighted by atomic mass is 32.1. The van der Waals surface area contributed by atoms with Gasteiger partial charge in [-0.2, -0.15) is 0 Å². The van der Waals surface area contributed by atoms with Gasteiger partial charge in [-0.1, -0.05) is 35.6 Å². The second-order valence-corrected chi connectivity index (χ2v) is 6.03. The molecule has 1 amide bonds. The van der Waals surface area contributed by atoms with E-state index in [4.69, 9.17) is 4.74 Å². The third-order valence-corrected chi connectivity index (χ3v) is 4.09. The minimum Gasteiger partial charge on any atom is -0.497 e. The van der Waals surface area contributed by atoms with E-state index in [1.807, 2.05) is 30.3 Å². The van der Waals surface area contributed by atoms with Gasteiger partial charge in [-0.25, -0.2) is 4.39 Å². The number of amides is 1. The van der Waals surface area contributed by atoms with Crippen LogP contribution < -0.4 is 10.1 Å². The number of carbonyl (C=O) groups is 1. The lowest BCUT2D eigenvalue weighted by atomic mass is 10.2. The van der Waals surface area contributed by atoms with Crippen LogP contribution in [0.5, 0.6) is 5.75 Å². The molecule has 0 aliphatic carbocycles. The van der Waals surface area contributed by atoms with Gasteiger partial charge in [0.05, 0.1) is 7.11 Å². The van der Waals surface area contributed by atoms with Crippen LogP contribution in [0.3, 0.4) is 0 Å². The Morgan fingerprint density at radius 2 is 1.96 bits per heavy atom. The molecule has 0 atom stereocenters. The molecule has 5 nitrogen and oxygen atoms in total. The SMILES string of the molecule is COc1ccc(/C=C/c2nnc(NC(=O)c3cccc(F)c3)s2)cc1. The molecule has 3 aromatic rings. The predicted octanol–water partition coefficient (Wildman–Crippen LogP) is 4.11. The van der Waals surface area contributed by atoms with Gasteiger partial charge in [-0.3, -0.25) is 10.1 Å². The van der Waals surface area contributed by atoms with Crippen molar-refractivity contribution >= 4 is 34.5 Å². The molecule has 0 spiro atoms. The number of hydrogen-bond donors (Lipinski definition) is 1. The lowest BCUT2D eigenvalue weighted by Crippen LogP contribution is -2.11. The van der Waals surface area contributed by atoms with Gasteiger partial charge in [-0.15, -0.1) is 10.2 Å². The number of nitrogens with one attached hydrogen (secondary N) is 1. The van der Waals surface area contributed by atoms with Crippen molar-refractivity contribution in [1.82, 2.24) is 10.2 Å². The van der Waals surface area contributed by atoms with Gasteiger partial charge in [0.25, 0.3) is 5.91 Å². The summed E-state index contributed by atoms with van der Waals surface area (Å²) in [6.07, 6.45) is 3.69. The molecule has 0 aliphatic rings. The normalized spacial score (nSPS) is 10.8. The van der Waals surface area contributed by atoms with Crippen LogP contribution in [-0.2, 0) is 0 Å². The van der Waals surface area contributed by atoms with E-state index in [0.717, 1.165) is 11.3 Å². The van der Waals surface area contributed by atoms with Crippen molar-refractivity contribution in [1.29, 1.82) is 0 Å². The Hall–Kier alpha value is -3.06. The number of benzene rings is 2. The average molecular weight is 355 g/mol. The molecular weight excluding hydrogens is 341 g/mol. The van der Waals surface area contributed by atoms with E-state index in [1.165, 1.54) is 35.6 Å². The summed E-state index contributed by atoms with van der Waals surface area (Å²) in [4.78, 5) is 12.0. The lowest BCUT2D eigenvalue weighted by Gasteiger charge is -2.00. The van der Waals surface area contributed by atoms with Gasteiger partial charge < -0.3 is 4.74 Å². The summed E-state index contributed by atoms with van der Waals surface area (Å²) in [6, 6.07) is 13.0. The maximum atomic E-state index is 13.2. The minimum absolute atomic E-state index is 0.227. The van der Waals surface area contributed by atoms with Crippen molar-refractivity contribution in [2.45, 2.75) is 0 Å². The maximum Gasteiger partial charge on any atom is 0.257 e. The third-order valence-electron chi connectivity index (χ3n) is 3.28. The van der Waals surface area contributed by atoms with Gasteiger partial charge in [0.15, 0.2) is 0 Å². The fraction of sp³-hybridized carbons (Fsp3) is 0.0556. The molecule has 1 N–H and O–H groups in total. The van der Waals surface area contributed by atoms with Gasteiger partial charge in [-0.05, 0) is 42.0 Å². The van der Waals surface area contributed by atoms with Crippen molar-refractivity contribution in [3.63, 3.8) is 0 Å². The zero-order valence-corrected chi connectivity index (χ0v) is 14.1. The number of methoxy groups -OCH3 is 1. The van der Waals surface area contributed by atoms with Gasteiger partial charge >= 0.3 is 0 Å². The molecule has 1 aromatic heterocycles.